The highest BCUT2D eigenvalue weighted by molar-refractivity contribution is 6.19. The summed E-state index contributed by atoms with van der Waals surface area (Å²) in [6.07, 6.45) is 1.82. The molecule has 0 amide bonds. The minimum atomic E-state index is 0.599. The summed E-state index contributed by atoms with van der Waals surface area (Å²) >= 11 is 0. The van der Waals surface area contributed by atoms with E-state index in [0.717, 1.165) is 50.4 Å². The Labute approximate surface area is 264 Å². The number of furan rings is 1. The van der Waals surface area contributed by atoms with Crippen LogP contribution < -0.4 is 4.90 Å². The van der Waals surface area contributed by atoms with Crippen molar-refractivity contribution in [2.75, 3.05) is 4.90 Å². The van der Waals surface area contributed by atoms with E-state index in [2.05, 4.69) is 113 Å². The number of rotatable bonds is 3. The van der Waals surface area contributed by atoms with Crippen LogP contribution in [-0.2, 0) is 0 Å². The fourth-order valence-electron chi connectivity index (χ4n) is 7.00. The molecule has 6 aromatic carbocycles. The topological polar surface area (TPSA) is 55.1 Å². The van der Waals surface area contributed by atoms with Crippen molar-refractivity contribution in [3.8, 4) is 33.6 Å². The van der Waals surface area contributed by atoms with Gasteiger partial charge >= 0.3 is 0 Å². The average Bonchev–Trinajstić information content (AvgIpc) is 3.50. The van der Waals surface area contributed by atoms with Gasteiger partial charge in [0, 0.05) is 33.7 Å². The van der Waals surface area contributed by atoms with E-state index < -0.39 is 0 Å². The zero-order valence-corrected chi connectivity index (χ0v) is 24.6. The molecule has 0 N–H and O–H groups in total. The molecule has 5 heteroatoms. The van der Waals surface area contributed by atoms with E-state index in [4.69, 9.17) is 14.4 Å². The van der Waals surface area contributed by atoms with E-state index >= 15 is 0 Å². The monoisotopic (exact) mass is 588 g/mol. The van der Waals surface area contributed by atoms with E-state index in [0.29, 0.717) is 11.5 Å². The summed E-state index contributed by atoms with van der Waals surface area (Å²) in [5, 5.41) is 5.73. The number of nitrogens with zero attached hydrogens (tertiary/aromatic N) is 4. The van der Waals surface area contributed by atoms with Gasteiger partial charge in [0.15, 0.2) is 5.58 Å². The Morgan fingerprint density at radius 2 is 1.30 bits per heavy atom. The Morgan fingerprint density at radius 3 is 2.17 bits per heavy atom. The lowest BCUT2D eigenvalue weighted by Gasteiger charge is -2.32. The Morgan fingerprint density at radius 1 is 0.543 bits per heavy atom. The number of aromatic nitrogens is 3. The van der Waals surface area contributed by atoms with Gasteiger partial charge in [-0.05, 0) is 58.1 Å². The normalized spacial score (nSPS) is 12.3. The molecule has 1 aliphatic heterocycles. The van der Waals surface area contributed by atoms with Gasteiger partial charge in [-0.3, -0.25) is 9.88 Å². The van der Waals surface area contributed by atoms with Crippen LogP contribution in [0.15, 0.2) is 150 Å². The van der Waals surface area contributed by atoms with Crippen LogP contribution in [0.5, 0.6) is 0 Å². The summed E-state index contributed by atoms with van der Waals surface area (Å²) in [5.74, 6) is 0.599. The van der Waals surface area contributed by atoms with Gasteiger partial charge in [0.1, 0.15) is 16.8 Å². The largest absolute Gasteiger partial charge is 0.452 e. The Balaban J connectivity index is 1.28. The van der Waals surface area contributed by atoms with Crippen molar-refractivity contribution in [2.24, 2.45) is 0 Å². The van der Waals surface area contributed by atoms with Crippen molar-refractivity contribution in [3.63, 3.8) is 0 Å². The van der Waals surface area contributed by atoms with Crippen molar-refractivity contribution >= 4 is 60.9 Å². The van der Waals surface area contributed by atoms with E-state index in [9.17, 15) is 0 Å². The second-order valence-corrected chi connectivity index (χ2v) is 11.6. The van der Waals surface area contributed by atoms with E-state index in [1.54, 1.807) is 0 Å². The molecule has 0 saturated heterocycles. The van der Waals surface area contributed by atoms with Gasteiger partial charge in [-0.2, -0.15) is 0 Å². The minimum absolute atomic E-state index is 0.599. The standard InChI is InChI=1S/C41H24N4O/c1-2-12-29-25(9-1)22-23-34-37(29)31-14-7-10-27-11-8-16-33(36(27)31)45(34)41-43-38(40-39(44-41)30-13-3-4-17-35(30)46-40)28-20-18-26(19-21-28)32-15-5-6-24-42-32/h1-24H. The maximum Gasteiger partial charge on any atom is 0.236 e. The first-order valence-electron chi connectivity index (χ1n) is 15.4. The van der Waals surface area contributed by atoms with E-state index in [1.165, 1.54) is 32.7 Å². The molecule has 46 heavy (non-hydrogen) atoms. The Kier molecular flexibility index (Phi) is 5.22. The van der Waals surface area contributed by atoms with Crippen LogP contribution in [0, 0.1) is 0 Å². The maximum absolute atomic E-state index is 6.48. The summed E-state index contributed by atoms with van der Waals surface area (Å²) in [7, 11) is 0. The van der Waals surface area contributed by atoms with Crippen molar-refractivity contribution < 1.29 is 4.42 Å². The van der Waals surface area contributed by atoms with Gasteiger partial charge in [-0.15, -0.1) is 0 Å². The highest BCUT2D eigenvalue weighted by atomic mass is 16.3. The van der Waals surface area contributed by atoms with Crippen LogP contribution in [0.4, 0.5) is 17.3 Å². The molecule has 9 aromatic rings. The van der Waals surface area contributed by atoms with Gasteiger partial charge in [-0.25, -0.2) is 9.97 Å². The SMILES string of the molecule is c1ccc(-c2ccc(-c3nc(N4c5ccc6ccccc6c5-c5cccc6cccc4c56)nc4c3oc3ccccc34)cc2)nc1. The zero-order valence-electron chi connectivity index (χ0n) is 24.6. The fourth-order valence-corrected chi connectivity index (χ4v) is 7.00. The summed E-state index contributed by atoms with van der Waals surface area (Å²) in [6, 6.07) is 48.4. The molecule has 214 valence electrons. The molecule has 0 spiro atoms. The first-order valence-corrected chi connectivity index (χ1v) is 15.4. The molecule has 0 radical (unpaired) electrons. The maximum atomic E-state index is 6.48. The third kappa shape index (κ3) is 3.60. The van der Waals surface area contributed by atoms with Crippen molar-refractivity contribution in [1.82, 2.24) is 15.0 Å². The summed E-state index contributed by atoms with van der Waals surface area (Å²) in [6.45, 7) is 0. The summed E-state index contributed by atoms with van der Waals surface area (Å²) < 4.78 is 6.48. The van der Waals surface area contributed by atoms with Crippen LogP contribution in [0.1, 0.15) is 0 Å². The highest BCUT2D eigenvalue weighted by Gasteiger charge is 2.30. The van der Waals surface area contributed by atoms with Gasteiger partial charge in [0.25, 0.3) is 0 Å². The number of hydrogen-bond acceptors (Lipinski definition) is 5. The second kappa shape index (κ2) is 9.58. The lowest BCUT2D eigenvalue weighted by atomic mass is 9.88. The smallest absolute Gasteiger partial charge is 0.236 e. The molecule has 5 nitrogen and oxygen atoms in total. The molecule has 0 saturated carbocycles. The molecule has 0 bridgehead atoms. The number of para-hydroxylation sites is 1. The Bertz CT molecular complexity index is 2640. The molecule has 3 aromatic heterocycles. The Hall–Kier alpha value is -6.33. The highest BCUT2D eigenvalue weighted by Crippen LogP contribution is 2.53. The minimum Gasteiger partial charge on any atom is -0.452 e. The predicted molar refractivity (Wildman–Crippen MR) is 187 cm³/mol. The molecule has 0 fully saturated rings. The second-order valence-electron chi connectivity index (χ2n) is 11.6. The van der Waals surface area contributed by atoms with Crippen LogP contribution in [-0.4, -0.2) is 15.0 Å². The molecule has 0 unspecified atom stereocenters. The van der Waals surface area contributed by atoms with Gasteiger partial charge in [0.05, 0.1) is 17.1 Å². The molecular formula is C41H24N4O. The molecular weight excluding hydrogens is 564 g/mol. The number of fused-ring (bicyclic) bond motifs is 7. The number of benzene rings is 6. The summed E-state index contributed by atoms with van der Waals surface area (Å²) in [5.41, 5.74) is 10.4. The zero-order chi connectivity index (χ0) is 30.2. The molecule has 10 rings (SSSR count). The van der Waals surface area contributed by atoms with Crippen LogP contribution in [0.25, 0.3) is 77.3 Å². The number of anilines is 3. The fraction of sp³-hybridized carbons (Fsp3) is 0. The molecule has 1 aliphatic rings. The lowest BCUT2D eigenvalue weighted by Crippen LogP contribution is -2.18. The van der Waals surface area contributed by atoms with Gasteiger partial charge in [0.2, 0.25) is 5.95 Å². The molecule has 4 heterocycles. The quantitative estimate of drug-likeness (QED) is 0.205. The molecule has 0 atom stereocenters. The van der Waals surface area contributed by atoms with Crippen molar-refractivity contribution in [1.29, 1.82) is 0 Å². The third-order valence-corrected chi connectivity index (χ3v) is 9.07. The van der Waals surface area contributed by atoms with E-state index in [1.807, 2.05) is 42.6 Å². The third-order valence-electron chi connectivity index (χ3n) is 9.07. The summed E-state index contributed by atoms with van der Waals surface area (Å²) in [4.78, 5) is 17.4. The van der Waals surface area contributed by atoms with Crippen LogP contribution in [0.2, 0.25) is 0 Å². The van der Waals surface area contributed by atoms with Crippen LogP contribution in [0.3, 0.4) is 0 Å². The van der Waals surface area contributed by atoms with Crippen molar-refractivity contribution in [3.05, 3.63) is 146 Å². The lowest BCUT2D eigenvalue weighted by molar-refractivity contribution is 0.667. The predicted octanol–water partition coefficient (Wildman–Crippen LogP) is 10.9. The first-order chi connectivity index (χ1) is 22.8. The number of pyridine rings is 1. The first kappa shape index (κ1) is 25.0. The van der Waals surface area contributed by atoms with Crippen molar-refractivity contribution in [2.45, 2.75) is 0 Å². The van der Waals surface area contributed by atoms with E-state index in [-0.39, 0.29) is 0 Å². The number of hydrogen-bond donors (Lipinski definition) is 0. The molecule has 0 aliphatic carbocycles. The average molecular weight is 589 g/mol. The van der Waals surface area contributed by atoms with Crippen LogP contribution >= 0.6 is 0 Å². The van der Waals surface area contributed by atoms with Gasteiger partial charge in [-0.1, -0.05) is 103 Å². The van der Waals surface area contributed by atoms with Gasteiger partial charge < -0.3 is 4.42 Å².